The fourth-order valence-electron chi connectivity index (χ4n) is 3.34. The molecule has 102 valence electrons. The predicted octanol–water partition coefficient (Wildman–Crippen LogP) is 0.416. The van der Waals surface area contributed by atoms with Gasteiger partial charge in [0.15, 0.2) is 0 Å². The average Bonchev–Trinajstić information content (AvgIpc) is 3.02. The Morgan fingerprint density at radius 2 is 2.11 bits per heavy atom. The molecule has 0 saturated carbocycles. The molecule has 18 heavy (non-hydrogen) atoms. The van der Waals surface area contributed by atoms with Crippen molar-refractivity contribution in [2.45, 2.75) is 25.3 Å². The first-order valence-electron chi connectivity index (χ1n) is 7.17. The Labute approximate surface area is 108 Å². The molecule has 3 heterocycles. The molecule has 2 amide bonds. The number of carbonyl (C=O) groups excluding carboxylic acids is 1. The summed E-state index contributed by atoms with van der Waals surface area (Å²) in [7, 11) is 0. The lowest BCUT2D eigenvalue weighted by molar-refractivity contribution is 0.0565. The van der Waals surface area contributed by atoms with Crippen molar-refractivity contribution in [1.29, 1.82) is 0 Å². The minimum Gasteiger partial charge on any atom is -0.381 e. The molecule has 0 aromatic rings. The van der Waals surface area contributed by atoms with Gasteiger partial charge in [-0.2, -0.15) is 0 Å². The molecule has 0 bridgehead atoms. The second-order valence-corrected chi connectivity index (χ2v) is 5.77. The van der Waals surface area contributed by atoms with Crippen molar-refractivity contribution >= 4 is 6.03 Å². The normalized spacial score (nSPS) is 34.0. The van der Waals surface area contributed by atoms with Crippen molar-refractivity contribution in [2.75, 3.05) is 39.4 Å². The van der Waals surface area contributed by atoms with Gasteiger partial charge in [0.2, 0.25) is 0 Å². The number of hydrogen-bond donors (Lipinski definition) is 2. The minimum absolute atomic E-state index is 0.137. The lowest BCUT2D eigenvalue weighted by Crippen LogP contribution is -2.37. The summed E-state index contributed by atoms with van der Waals surface area (Å²) in [6.07, 6.45) is 3.37. The summed E-state index contributed by atoms with van der Waals surface area (Å²) in [5.74, 6) is 1.25. The number of hydrogen-bond acceptors (Lipinski definition) is 3. The molecular weight excluding hydrogens is 230 g/mol. The Morgan fingerprint density at radius 1 is 1.28 bits per heavy atom. The van der Waals surface area contributed by atoms with E-state index < -0.39 is 0 Å². The number of nitrogens with one attached hydrogen (secondary N) is 2. The molecule has 2 N–H and O–H groups in total. The second kappa shape index (κ2) is 5.45. The highest BCUT2D eigenvalue weighted by molar-refractivity contribution is 5.77. The van der Waals surface area contributed by atoms with Crippen LogP contribution in [0.2, 0.25) is 0 Å². The van der Waals surface area contributed by atoms with E-state index in [1.807, 2.05) is 4.90 Å². The van der Waals surface area contributed by atoms with Crippen LogP contribution in [0.1, 0.15) is 19.3 Å². The van der Waals surface area contributed by atoms with Crippen LogP contribution in [0.5, 0.6) is 0 Å². The number of carbonyl (C=O) groups is 1. The standard InChI is InChI=1S/C13H23N3O2/c17-13-15-12(11-2-5-18-6-3-11)9-16(13)8-10-1-4-14-7-10/h10-12,14H,1-9H2,(H,15,17). The second-order valence-electron chi connectivity index (χ2n) is 5.77. The Balaban J connectivity index is 1.52. The molecule has 5 nitrogen and oxygen atoms in total. The highest BCUT2D eigenvalue weighted by Gasteiger charge is 2.35. The van der Waals surface area contributed by atoms with E-state index in [-0.39, 0.29) is 6.03 Å². The Hall–Kier alpha value is -0.810. The van der Waals surface area contributed by atoms with Crippen molar-refractivity contribution in [2.24, 2.45) is 11.8 Å². The van der Waals surface area contributed by atoms with E-state index in [9.17, 15) is 4.79 Å². The zero-order chi connectivity index (χ0) is 12.4. The smallest absolute Gasteiger partial charge is 0.317 e. The van der Waals surface area contributed by atoms with Crippen LogP contribution in [0.15, 0.2) is 0 Å². The van der Waals surface area contributed by atoms with Gasteiger partial charge in [0.25, 0.3) is 0 Å². The third kappa shape index (κ3) is 2.62. The summed E-state index contributed by atoms with van der Waals surface area (Å²) < 4.78 is 5.39. The first-order chi connectivity index (χ1) is 8.83. The Bertz CT molecular complexity index is 299. The molecule has 0 spiro atoms. The summed E-state index contributed by atoms with van der Waals surface area (Å²) in [6.45, 7) is 5.67. The van der Waals surface area contributed by atoms with Gasteiger partial charge in [-0.25, -0.2) is 4.79 Å². The van der Waals surface area contributed by atoms with Gasteiger partial charge in [0, 0.05) is 26.3 Å². The van der Waals surface area contributed by atoms with Gasteiger partial charge in [0.05, 0.1) is 6.04 Å². The first-order valence-corrected chi connectivity index (χ1v) is 7.17. The summed E-state index contributed by atoms with van der Waals surface area (Å²) in [6, 6.07) is 0.481. The fourth-order valence-corrected chi connectivity index (χ4v) is 3.34. The van der Waals surface area contributed by atoms with Crippen LogP contribution in [0.4, 0.5) is 4.79 Å². The quantitative estimate of drug-likeness (QED) is 0.766. The predicted molar refractivity (Wildman–Crippen MR) is 68.4 cm³/mol. The topological polar surface area (TPSA) is 53.6 Å². The lowest BCUT2D eigenvalue weighted by atomic mass is 9.92. The monoisotopic (exact) mass is 253 g/mol. The third-order valence-corrected chi connectivity index (χ3v) is 4.49. The van der Waals surface area contributed by atoms with Crippen molar-refractivity contribution in [3.8, 4) is 0 Å². The average molecular weight is 253 g/mol. The van der Waals surface area contributed by atoms with Gasteiger partial charge in [-0.15, -0.1) is 0 Å². The minimum atomic E-state index is 0.137. The summed E-state index contributed by atoms with van der Waals surface area (Å²) in [5, 5.41) is 6.52. The summed E-state index contributed by atoms with van der Waals surface area (Å²) in [4.78, 5) is 14.0. The summed E-state index contributed by atoms with van der Waals surface area (Å²) >= 11 is 0. The van der Waals surface area contributed by atoms with E-state index in [1.165, 1.54) is 6.42 Å². The highest BCUT2D eigenvalue weighted by atomic mass is 16.5. The molecule has 0 aliphatic carbocycles. The van der Waals surface area contributed by atoms with E-state index in [2.05, 4.69) is 10.6 Å². The molecule has 0 radical (unpaired) electrons. The molecule has 2 atom stereocenters. The summed E-state index contributed by atoms with van der Waals surface area (Å²) in [5.41, 5.74) is 0. The molecule has 2 unspecified atom stereocenters. The highest BCUT2D eigenvalue weighted by Crippen LogP contribution is 2.23. The van der Waals surface area contributed by atoms with E-state index in [0.29, 0.717) is 17.9 Å². The first kappa shape index (κ1) is 12.2. The van der Waals surface area contributed by atoms with E-state index in [4.69, 9.17) is 4.74 Å². The van der Waals surface area contributed by atoms with Gasteiger partial charge in [-0.05, 0) is 44.2 Å². The van der Waals surface area contributed by atoms with Crippen LogP contribution in [-0.2, 0) is 4.74 Å². The maximum absolute atomic E-state index is 12.0. The number of rotatable bonds is 3. The Morgan fingerprint density at radius 3 is 2.83 bits per heavy atom. The van der Waals surface area contributed by atoms with Crippen LogP contribution in [0, 0.1) is 11.8 Å². The van der Waals surface area contributed by atoms with Gasteiger partial charge in [-0.3, -0.25) is 0 Å². The Kier molecular flexibility index (Phi) is 3.70. The van der Waals surface area contributed by atoms with Crippen LogP contribution < -0.4 is 10.6 Å². The molecule has 3 aliphatic heterocycles. The van der Waals surface area contributed by atoms with Crippen molar-refractivity contribution < 1.29 is 9.53 Å². The third-order valence-electron chi connectivity index (χ3n) is 4.49. The maximum atomic E-state index is 12.0. The molecule has 3 fully saturated rings. The molecule has 3 saturated heterocycles. The fraction of sp³-hybridized carbons (Fsp3) is 0.923. The van der Waals surface area contributed by atoms with Crippen LogP contribution in [0.3, 0.4) is 0 Å². The number of urea groups is 1. The molecule has 3 aliphatic rings. The number of nitrogens with zero attached hydrogens (tertiary/aromatic N) is 1. The van der Waals surface area contributed by atoms with Gasteiger partial charge >= 0.3 is 6.03 Å². The molecular formula is C13H23N3O2. The van der Waals surface area contributed by atoms with Gasteiger partial charge < -0.3 is 20.3 Å². The van der Waals surface area contributed by atoms with Crippen LogP contribution in [0.25, 0.3) is 0 Å². The van der Waals surface area contributed by atoms with Crippen LogP contribution >= 0.6 is 0 Å². The van der Waals surface area contributed by atoms with Crippen molar-refractivity contribution in [1.82, 2.24) is 15.5 Å². The number of amides is 2. The van der Waals surface area contributed by atoms with E-state index in [0.717, 1.165) is 52.2 Å². The molecule has 3 rings (SSSR count). The van der Waals surface area contributed by atoms with Crippen LogP contribution in [-0.4, -0.2) is 56.4 Å². The largest absolute Gasteiger partial charge is 0.381 e. The van der Waals surface area contributed by atoms with Crippen molar-refractivity contribution in [3.63, 3.8) is 0 Å². The van der Waals surface area contributed by atoms with Crippen molar-refractivity contribution in [3.05, 3.63) is 0 Å². The molecule has 0 aromatic carbocycles. The van der Waals surface area contributed by atoms with E-state index in [1.54, 1.807) is 0 Å². The maximum Gasteiger partial charge on any atom is 0.317 e. The zero-order valence-corrected chi connectivity index (χ0v) is 10.9. The van der Waals surface area contributed by atoms with Gasteiger partial charge in [-0.1, -0.05) is 0 Å². The van der Waals surface area contributed by atoms with E-state index >= 15 is 0 Å². The lowest BCUT2D eigenvalue weighted by Gasteiger charge is -2.27. The zero-order valence-electron chi connectivity index (χ0n) is 10.9. The molecule has 5 heteroatoms. The molecule has 0 aromatic heterocycles. The SMILES string of the molecule is O=C1NC(C2CCOCC2)CN1CC1CCNC1. The number of ether oxygens (including phenoxy) is 1. The van der Waals surface area contributed by atoms with Gasteiger partial charge in [0.1, 0.15) is 0 Å².